The van der Waals surface area contributed by atoms with E-state index < -0.39 is 10.0 Å². The molecule has 1 atom stereocenters. The van der Waals surface area contributed by atoms with Gasteiger partial charge in [0, 0.05) is 44.9 Å². The van der Waals surface area contributed by atoms with Gasteiger partial charge >= 0.3 is 0 Å². The first-order valence-electron chi connectivity index (χ1n) is 8.83. The maximum Gasteiger partial charge on any atom is 0.211 e. The van der Waals surface area contributed by atoms with Gasteiger partial charge in [-0.3, -0.25) is 0 Å². The van der Waals surface area contributed by atoms with Gasteiger partial charge in [0.25, 0.3) is 0 Å². The molecule has 4 rings (SSSR count). The SMILES string of the molecule is CC1COCCN1c1cc(N2CCN(S(C)(=O)=O)CC2)n2nccc2n1. The molecular formula is C16H24N6O3S. The van der Waals surface area contributed by atoms with Gasteiger partial charge in [-0.25, -0.2) is 13.4 Å². The average molecular weight is 380 g/mol. The zero-order valence-electron chi connectivity index (χ0n) is 15.1. The number of ether oxygens (including phenoxy) is 1. The van der Waals surface area contributed by atoms with E-state index in [0.29, 0.717) is 39.4 Å². The molecule has 0 bridgehead atoms. The number of nitrogens with zero attached hydrogens (tertiary/aromatic N) is 6. The van der Waals surface area contributed by atoms with Gasteiger partial charge in [-0.15, -0.1) is 0 Å². The van der Waals surface area contributed by atoms with E-state index in [1.807, 2.05) is 10.6 Å². The summed E-state index contributed by atoms with van der Waals surface area (Å²) in [5.74, 6) is 1.86. The Balaban J connectivity index is 1.65. The molecule has 0 amide bonds. The van der Waals surface area contributed by atoms with E-state index in [-0.39, 0.29) is 6.04 Å². The third-order valence-corrected chi connectivity index (χ3v) is 6.32. The number of anilines is 2. The molecule has 2 aromatic rings. The minimum absolute atomic E-state index is 0.261. The lowest BCUT2D eigenvalue weighted by Crippen LogP contribution is -2.49. The molecule has 1 unspecified atom stereocenters. The first-order chi connectivity index (χ1) is 12.4. The van der Waals surface area contributed by atoms with Crippen molar-refractivity contribution in [1.82, 2.24) is 18.9 Å². The van der Waals surface area contributed by atoms with E-state index in [1.54, 1.807) is 6.20 Å². The Hall–Kier alpha value is -1.91. The summed E-state index contributed by atoms with van der Waals surface area (Å²) < 4.78 is 32.4. The Morgan fingerprint density at radius 2 is 1.96 bits per heavy atom. The van der Waals surface area contributed by atoms with Crippen LogP contribution in [-0.4, -0.2) is 85.6 Å². The summed E-state index contributed by atoms with van der Waals surface area (Å²) in [7, 11) is -3.15. The van der Waals surface area contributed by atoms with Crippen LogP contribution in [0.5, 0.6) is 0 Å². The van der Waals surface area contributed by atoms with Crippen molar-refractivity contribution in [1.29, 1.82) is 0 Å². The maximum absolute atomic E-state index is 11.8. The maximum atomic E-state index is 11.8. The molecule has 4 heterocycles. The van der Waals surface area contributed by atoms with E-state index in [9.17, 15) is 8.42 Å². The van der Waals surface area contributed by atoms with Crippen LogP contribution in [0.15, 0.2) is 18.3 Å². The van der Waals surface area contributed by atoms with Crippen LogP contribution < -0.4 is 9.80 Å². The molecule has 142 valence electrons. The number of piperazine rings is 1. The number of rotatable bonds is 3. The lowest BCUT2D eigenvalue weighted by Gasteiger charge is -2.37. The molecule has 2 aliphatic rings. The minimum atomic E-state index is -3.15. The molecule has 0 N–H and O–H groups in total. The van der Waals surface area contributed by atoms with Gasteiger partial charge in [-0.05, 0) is 6.92 Å². The first kappa shape index (κ1) is 17.5. The summed E-state index contributed by atoms with van der Waals surface area (Å²) in [6, 6.07) is 4.21. The van der Waals surface area contributed by atoms with E-state index in [2.05, 4.69) is 27.9 Å². The van der Waals surface area contributed by atoms with Crippen molar-refractivity contribution in [3.8, 4) is 0 Å². The van der Waals surface area contributed by atoms with Gasteiger partial charge in [0.05, 0.1) is 31.7 Å². The standard InChI is InChI=1S/C16H24N6O3S/c1-13-12-25-10-9-21(13)15-11-16(22-14(18-15)3-4-17-22)19-5-7-20(8-6-19)26(2,23)24/h3-4,11,13H,5-10,12H2,1-2H3. The second kappa shape index (κ2) is 6.67. The van der Waals surface area contributed by atoms with E-state index in [1.165, 1.54) is 10.6 Å². The summed E-state index contributed by atoms with van der Waals surface area (Å²) in [4.78, 5) is 9.19. The molecule has 2 saturated heterocycles. The molecule has 0 aliphatic carbocycles. The fraction of sp³-hybridized carbons (Fsp3) is 0.625. The zero-order chi connectivity index (χ0) is 18.3. The summed E-state index contributed by atoms with van der Waals surface area (Å²) in [5.41, 5.74) is 0.793. The number of fused-ring (bicyclic) bond motifs is 1. The highest BCUT2D eigenvalue weighted by atomic mass is 32.2. The Morgan fingerprint density at radius 1 is 1.19 bits per heavy atom. The fourth-order valence-electron chi connectivity index (χ4n) is 3.57. The van der Waals surface area contributed by atoms with Crippen LogP contribution in [0, 0.1) is 0 Å². The van der Waals surface area contributed by atoms with Crippen LogP contribution in [-0.2, 0) is 14.8 Å². The van der Waals surface area contributed by atoms with Gasteiger partial charge in [0.2, 0.25) is 10.0 Å². The predicted octanol–water partition coefficient (Wildman–Crippen LogP) is 0.0360. The zero-order valence-corrected chi connectivity index (χ0v) is 15.9. The Morgan fingerprint density at radius 3 is 2.65 bits per heavy atom. The van der Waals surface area contributed by atoms with Crippen LogP contribution in [0.3, 0.4) is 0 Å². The summed E-state index contributed by atoms with van der Waals surface area (Å²) in [6.45, 7) is 6.54. The summed E-state index contributed by atoms with van der Waals surface area (Å²) in [5, 5.41) is 4.40. The predicted molar refractivity (Wildman–Crippen MR) is 99.2 cm³/mol. The molecule has 0 spiro atoms. The first-order valence-corrected chi connectivity index (χ1v) is 10.7. The molecular weight excluding hydrogens is 356 g/mol. The van der Waals surface area contributed by atoms with Crippen LogP contribution in [0.2, 0.25) is 0 Å². The number of hydrogen-bond donors (Lipinski definition) is 0. The number of morpholine rings is 1. The molecule has 26 heavy (non-hydrogen) atoms. The number of aromatic nitrogens is 3. The second-order valence-electron chi connectivity index (χ2n) is 6.84. The van der Waals surface area contributed by atoms with E-state index >= 15 is 0 Å². The minimum Gasteiger partial charge on any atom is -0.377 e. The average Bonchev–Trinajstić information content (AvgIpc) is 3.09. The Kier molecular flexibility index (Phi) is 4.49. The van der Waals surface area contributed by atoms with Gasteiger partial charge in [-0.2, -0.15) is 13.9 Å². The van der Waals surface area contributed by atoms with Crippen molar-refractivity contribution in [2.75, 3.05) is 62.0 Å². The Labute approximate surface area is 153 Å². The van der Waals surface area contributed by atoms with Crippen molar-refractivity contribution >= 4 is 27.3 Å². The van der Waals surface area contributed by atoms with Crippen molar-refractivity contribution in [2.24, 2.45) is 0 Å². The summed E-state index contributed by atoms with van der Waals surface area (Å²) >= 11 is 0. The molecule has 9 nitrogen and oxygen atoms in total. The monoisotopic (exact) mass is 380 g/mol. The van der Waals surface area contributed by atoms with Crippen LogP contribution >= 0.6 is 0 Å². The van der Waals surface area contributed by atoms with Crippen LogP contribution in [0.1, 0.15) is 6.92 Å². The third kappa shape index (κ3) is 3.24. The highest BCUT2D eigenvalue weighted by Crippen LogP contribution is 2.26. The lowest BCUT2D eigenvalue weighted by atomic mass is 10.2. The van der Waals surface area contributed by atoms with Crippen molar-refractivity contribution < 1.29 is 13.2 Å². The Bertz CT molecular complexity index is 891. The van der Waals surface area contributed by atoms with Gasteiger partial charge in [-0.1, -0.05) is 0 Å². The second-order valence-corrected chi connectivity index (χ2v) is 8.82. The van der Waals surface area contributed by atoms with Crippen molar-refractivity contribution in [2.45, 2.75) is 13.0 Å². The normalized spacial score (nSPS) is 22.9. The van der Waals surface area contributed by atoms with Gasteiger partial charge < -0.3 is 14.5 Å². The highest BCUT2D eigenvalue weighted by Gasteiger charge is 2.27. The molecule has 2 aliphatic heterocycles. The van der Waals surface area contributed by atoms with Crippen LogP contribution in [0.4, 0.5) is 11.6 Å². The molecule has 0 radical (unpaired) electrons. The smallest absolute Gasteiger partial charge is 0.211 e. The molecule has 2 fully saturated rings. The summed E-state index contributed by atoms with van der Waals surface area (Å²) in [6.07, 6.45) is 3.00. The molecule has 0 aromatic carbocycles. The van der Waals surface area contributed by atoms with Crippen molar-refractivity contribution in [3.05, 3.63) is 18.3 Å². The molecule has 10 heteroatoms. The van der Waals surface area contributed by atoms with E-state index in [4.69, 9.17) is 9.72 Å². The highest BCUT2D eigenvalue weighted by molar-refractivity contribution is 7.88. The van der Waals surface area contributed by atoms with Crippen LogP contribution in [0.25, 0.3) is 5.65 Å². The van der Waals surface area contributed by atoms with E-state index in [0.717, 1.165) is 23.8 Å². The lowest BCUT2D eigenvalue weighted by molar-refractivity contribution is 0.0985. The van der Waals surface area contributed by atoms with Crippen molar-refractivity contribution in [3.63, 3.8) is 0 Å². The fourth-order valence-corrected chi connectivity index (χ4v) is 4.40. The van der Waals surface area contributed by atoms with Gasteiger partial charge in [0.1, 0.15) is 11.6 Å². The van der Waals surface area contributed by atoms with Gasteiger partial charge in [0.15, 0.2) is 5.65 Å². The quantitative estimate of drug-likeness (QED) is 0.743. The number of hydrogen-bond acceptors (Lipinski definition) is 7. The topological polar surface area (TPSA) is 83.3 Å². The largest absolute Gasteiger partial charge is 0.377 e. The third-order valence-electron chi connectivity index (χ3n) is 5.02. The molecule has 2 aromatic heterocycles. The number of sulfonamides is 1. The molecule has 0 saturated carbocycles.